The maximum atomic E-state index is 9.73. The fourth-order valence-electron chi connectivity index (χ4n) is 1.11. The van der Waals surface area contributed by atoms with Crippen LogP contribution >= 0.6 is 0 Å². The molecular weight excluding hydrogens is 194 g/mol. The fourth-order valence-corrected chi connectivity index (χ4v) is 1.11. The Morgan fingerprint density at radius 3 is 2.80 bits per heavy atom. The molecule has 0 bridgehead atoms. The summed E-state index contributed by atoms with van der Waals surface area (Å²) in [6, 6.07) is 3.35. The summed E-state index contributed by atoms with van der Waals surface area (Å²) < 4.78 is 0. The van der Waals surface area contributed by atoms with Crippen LogP contribution in [0.15, 0.2) is 18.3 Å². The number of pyridine rings is 1. The highest BCUT2D eigenvalue weighted by atomic mass is 16.3. The van der Waals surface area contributed by atoms with Crippen LogP contribution in [0.5, 0.6) is 0 Å². The summed E-state index contributed by atoms with van der Waals surface area (Å²) in [7, 11) is 0. The molecule has 0 aliphatic heterocycles. The number of nitrogens with zero attached hydrogens (tertiary/aromatic N) is 1. The van der Waals surface area contributed by atoms with Gasteiger partial charge in [-0.15, -0.1) is 0 Å². The average Bonchev–Trinajstić information content (AvgIpc) is 2.26. The van der Waals surface area contributed by atoms with Crippen LogP contribution in [0.4, 0.5) is 5.82 Å². The number of aliphatic hydroxyl groups is 2. The van der Waals surface area contributed by atoms with Crippen LogP contribution in [0.3, 0.4) is 0 Å². The van der Waals surface area contributed by atoms with Crippen LogP contribution < -0.4 is 11.1 Å². The number of rotatable bonds is 5. The van der Waals surface area contributed by atoms with Gasteiger partial charge in [-0.2, -0.15) is 0 Å². The lowest BCUT2D eigenvalue weighted by atomic mass is 10.1. The van der Waals surface area contributed by atoms with Gasteiger partial charge in [0.25, 0.3) is 0 Å². The monoisotopic (exact) mass is 211 g/mol. The largest absolute Gasteiger partial charge is 0.395 e. The van der Waals surface area contributed by atoms with Gasteiger partial charge in [-0.05, 0) is 13.0 Å². The maximum absolute atomic E-state index is 9.73. The molecule has 5 heteroatoms. The molecule has 0 spiro atoms. The summed E-state index contributed by atoms with van der Waals surface area (Å²) in [6.07, 6.45) is 0.915. The van der Waals surface area contributed by atoms with Crippen molar-refractivity contribution in [2.24, 2.45) is 0 Å². The van der Waals surface area contributed by atoms with Gasteiger partial charge in [0, 0.05) is 24.3 Å². The van der Waals surface area contributed by atoms with E-state index in [2.05, 4.69) is 10.3 Å². The molecule has 0 aliphatic carbocycles. The highest BCUT2D eigenvalue weighted by Crippen LogP contribution is 2.11. The normalized spacial score (nSPS) is 14.9. The molecule has 2 atom stereocenters. The number of aliphatic hydroxyl groups excluding tert-OH is 2. The summed E-state index contributed by atoms with van der Waals surface area (Å²) in [5, 5.41) is 21.5. The third-order valence-corrected chi connectivity index (χ3v) is 2.13. The third-order valence-electron chi connectivity index (χ3n) is 2.13. The predicted molar refractivity (Wildman–Crippen MR) is 58.2 cm³/mol. The third kappa shape index (κ3) is 3.83. The Labute approximate surface area is 89.0 Å². The maximum Gasteiger partial charge on any atom is 0.123 e. The molecule has 1 rings (SSSR count). The van der Waals surface area contributed by atoms with Crippen molar-refractivity contribution in [1.29, 1.82) is 0 Å². The zero-order chi connectivity index (χ0) is 11.3. The average molecular weight is 211 g/mol. The standard InChI is InChI=1S/C10H17N3O2/c1-7(6-14)12-5-9(15)8-2-3-10(11)13-4-8/h2-4,7,9,12,14-15H,5-6H2,1H3,(H2,11,13)/t7-,9-/m0/s1. The van der Waals surface area contributed by atoms with Crippen molar-refractivity contribution in [3.8, 4) is 0 Å². The van der Waals surface area contributed by atoms with Gasteiger partial charge >= 0.3 is 0 Å². The topological polar surface area (TPSA) is 91.4 Å². The summed E-state index contributed by atoms with van der Waals surface area (Å²) in [6.45, 7) is 2.27. The van der Waals surface area contributed by atoms with E-state index in [1.807, 2.05) is 6.92 Å². The molecule has 1 aromatic heterocycles. The van der Waals surface area contributed by atoms with E-state index in [-0.39, 0.29) is 12.6 Å². The molecule has 0 radical (unpaired) electrons. The minimum absolute atomic E-state index is 0.0265. The van der Waals surface area contributed by atoms with E-state index in [9.17, 15) is 5.11 Å². The van der Waals surface area contributed by atoms with E-state index in [0.717, 1.165) is 0 Å². The van der Waals surface area contributed by atoms with Gasteiger partial charge in [0.2, 0.25) is 0 Å². The molecule has 0 saturated carbocycles. The van der Waals surface area contributed by atoms with E-state index in [4.69, 9.17) is 10.8 Å². The van der Waals surface area contributed by atoms with Gasteiger partial charge in [0.15, 0.2) is 0 Å². The Morgan fingerprint density at radius 1 is 1.53 bits per heavy atom. The number of hydrogen-bond acceptors (Lipinski definition) is 5. The first kappa shape index (κ1) is 11.9. The van der Waals surface area contributed by atoms with Crippen molar-refractivity contribution < 1.29 is 10.2 Å². The summed E-state index contributed by atoms with van der Waals surface area (Å²) in [5.41, 5.74) is 6.14. The first-order valence-corrected chi connectivity index (χ1v) is 4.87. The second-order valence-corrected chi connectivity index (χ2v) is 3.52. The highest BCUT2D eigenvalue weighted by Gasteiger charge is 2.08. The zero-order valence-electron chi connectivity index (χ0n) is 8.72. The molecular formula is C10H17N3O2. The molecule has 15 heavy (non-hydrogen) atoms. The molecule has 0 fully saturated rings. The van der Waals surface area contributed by atoms with Crippen LogP contribution in [0, 0.1) is 0 Å². The second-order valence-electron chi connectivity index (χ2n) is 3.52. The van der Waals surface area contributed by atoms with Crippen molar-refractivity contribution in [3.63, 3.8) is 0 Å². The molecule has 0 aliphatic rings. The summed E-state index contributed by atoms with van der Waals surface area (Å²) in [4.78, 5) is 3.89. The Bertz CT molecular complexity index is 289. The van der Waals surface area contributed by atoms with Gasteiger partial charge in [-0.1, -0.05) is 6.07 Å². The number of aromatic nitrogens is 1. The van der Waals surface area contributed by atoms with Crippen molar-refractivity contribution >= 4 is 5.82 Å². The van der Waals surface area contributed by atoms with Crippen molar-refractivity contribution in [3.05, 3.63) is 23.9 Å². The Kier molecular flexibility index (Phi) is 4.48. The molecule has 0 amide bonds. The fraction of sp³-hybridized carbons (Fsp3) is 0.500. The number of hydrogen-bond donors (Lipinski definition) is 4. The van der Waals surface area contributed by atoms with E-state index in [1.54, 1.807) is 18.3 Å². The quantitative estimate of drug-likeness (QED) is 0.535. The van der Waals surface area contributed by atoms with E-state index in [1.165, 1.54) is 0 Å². The minimum Gasteiger partial charge on any atom is -0.395 e. The first-order chi connectivity index (χ1) is 7.13. The Balaban J connectivity index is 2.46. The SMILES string of the molecule is C[C@@H](CO)NC[C@H](O)c1ccc(N)nc1. The molecule has 5 nitrogen and oxygen atoms in total. The van der Waals surface area contributed by atoms with Gasteiger partial charge in [0.05, 0.1) is 12.7 Å². The number of nitrogens with two attached hydrogens (primary N) is 1. The van der Waals surface area contributed by atoms with E-state index >= 15 is 0 Å². The van der Waals surface area contributed by atoms with Crippen LogP contribution in [-0.4, -0.2) is 34.4 Å². The minimum atomic E-state index is -0.632. The lowest BCUT2D eigenvalue weighted by Crippen LogP contribution is -2.32. The van der Waals surface area contributed by atoms with E-state index < -0.39 is 6.10 Å². The molecule has 1 aromatic rings. The Hall–Kier alpha value is -1.17. The molecule has 1 heterocycles. The van der Waals surface area contributed by atoms with Crippen LogP contribution in [-0.2, 0) is 0 Å². The first-order valence-electron chi connectivity index (χ1n) is 4.87. The zero-order valence-corrected chi connectivity index (χ0v) is 8.72. The van der Waals surface area contributed by atoms with Gasteiger partial charge in [0.1, 0.15) is 5.82 Å². The smallest absolute Gasteiger partial charge is 0.123 e. The highest BCUT2D eigenvalue weighted by molar-refractivity contribution is 5.30. The molecule has 0 aromatic carbocycles. The van der Waals surface area contributed by atoms with Crippen molar-refractivity contribution in [2.45, 2.75) is 19.1 Å². The Morgan fingerprint density at radius 2 is 2.27 bits per heavy atom. The van der Waals surface area contributed by atoms with E-state index in [0.29, 0.717) is 17.9 Å². The number of nitrogens with one attached hydrogen (secondary N) is 1. The predicted octanol–water partition coefficient (Wildman–Crippen LogP) is -0.332. The molecule has 5 N–H and O–H groups in total. The summed E-state index contributed by atoms with van der Waals surface area (Å²) >= 11 is 0. The molecule has 84 valence electrons. The molecule has 0 unspecified atom stereocenters. The van der Waals surface area contributed by atoms with Crippen LogP contribution in [0.1, 0.15) is 18.6 Å². The van der Waals surface area contributed by atoms with Gasteiger partial charge < -0.3 is 21.3 Å². The lowest BCUT2D eigenvalue weighted by Gasteiger charge is -2.15. The number of anilines is 1. The summed E-state index contributed by atoms with van der Waals surface area (Å²) in [5.74, 6) is 0.433. The van der Waals surface area contributed by atoms with Crippen LogP contribution in [0.2, 0.25) is 0 Å². The van der Waals surface area contributed by atoms with Crippen molar-refractivity contribution in [1.82, 2.24) is 10.3 Å². The molecule has 0 saturated heterocycles. The van der Waals surface area contributed by atoms with Crippen LogP contribution in [0.25, 0.3) is 0 Å². The second kappa shape index (κ2) is 5.65. The van der Waals surface area contributed by atoms with Crippen molar-refractivity contribution in [2.75, 3.05) is 18.9 Å². The lowest BCUT2D eigenvalue weighted by molar-refractivity contribution is 0.161. The van der Waals surface area contributed by atoms with Gasteiger partial charge in [-0.3, -0.25) is 0 Å². The van der Waals surface area contributed by atoms with Gasteiger partial charge in [-0.25, -0.2) is 4.98 Å². The number of nitrogen functional groups attached to an aromatic ring is 1.